The zero-order chi connectivity index (χ0) is 19.5. The van der Waals surface area contributed by atoms with Crippen molar-refractivity contribution in [2.24, 2.45) is 0 Å². The summed E-state index contributed by atoms with van der Waals surface area (Å²) in [5, 5.41) is 9.43. The second kappa shape index (κ2) is 8.15. The fourth-order valence-corrected chi connectivity index (χ4v) is 4.24. The SMILES string of the molecule is Cc1cc(-c2cncnc2[C@H]2CCCN(CC(=O)Nc3nc(C)cs3)C2)on1. The second-order valence-corrected chi connectivity index (χ2v) is 7.93. The molecule has 0 saturated carbocycles. The highest BCUT2D eigenvalue weighted by molar-refractivity contribution is 7.13. The highest BCUT2D eigenvalue weighted by Crippen LogP contribution is 2.32. The van der Waals surface area contributed by atoms with Crippen LogP contribution in [0.4, 0.5) is 5.13 Å². The van der Waals surface area contributed by atoms with Crippen molar-refractivity contribution < 1.29 is 9.32 Å². The molecule has 1 fully saturated rings. The summed E-state index contributed by atoms with van der Waals surface area (Å²) in [4.78, 5) is 27.5. The Morgan fingerprint density at radius 3 is 3.04 bits per heavy atom. The van der Waals surface area contributed by atoms with E-state index < -0.39 is 0 Å². The highest BCUT2D eigenvalue weighted by Gasteiger charge is 2.27. The third-order valence-electron chi connectivity index (χ3n) is 4.76. The summed E-state index contributed by atoms with van der Waals surface area (Å²) < 4.78 is 5.43. The Bertz CT molecular complexity index is 969. The van der Waals surface area contributed by atoms with E-state index in [1.807, 2.05) is 25.3 Å². The fraction of sp³-hybridized carbons (Fsp3) is 0.421. The summed E-state index contributed by atoms with van der Waals surface area (Å²) in [6.07, 6.45) is 5.37. The number of aryl methyl sites for hydroxylation is 2. The van der Waals surface area contributed by atoms with Crippen LogP contribution in [0.25, 0.3) is 11.3 Å². The predicted molar refractivity (Wildman–Crippen MR) is 106 cm³/mol. The van der Waals surface area contributed by atoms with Crippen LogP contribution in [0.15, 0.2) is 28.5 Å². The molecule has 0 unspecified atom stereocenters. The number of anilines is 1. The number of nitrogens with zero attached hydrogens (tertiary/aromatic N) is 5. The summed E-state index contributed by atoms with van der Waals surface area (Å²) in [6, 6.07) is 1.90. The van der Waals surface area contributed by atoms with Crippen LogP contribution in [0.5, 0.6) is 0 Å². The Morgan fingerprint density at radius 1 is 1.39 bits per heavy atom. The van der Waals surface area contributed by atoms with E-state index in [2.05, 4.69) is 30.3 Å². The van der Waals surface area contributed by atoms with Gasteiger partial charge in [0.2, 0.25) is 5.91 Å². The predicted octanol–water partition coefficient (Wildman–Crippen LogP) is 3.02. The van der Waals surface area contributed by atoms with Crippen LogP contribution in [0, 0.1) is 13.8 Å². The van der Waals surface area contributed by atoms with Gasteiger partial charge in [0.05, 0.1) is 29.2 Å². The molecule has 9 heteroatoms. The minimum atomic E-state index is -0.0382. The summed E-state index contributed by atoms with van der Waals surface area (Å²) in [5.74, 6) is 0.859. The van der Waals surface area contributed by atoms with Crippen molar-refractivity contribution >= 4 is 22.4 Å². The molecule has 4 heterocycles. The van der Waals surface area contributed by atoms with Crippen LogP contribution in [-0.2, 0) is 4.79 Å². The molecule has 1 aliphatic rings. The van der Waals surface area contributed by atoms with Gasteiger partial charge in [-0.3, -0.25) is 9.69 Å². The number of piperidine rings is 1. The number of aromatic nitrogens is 4. The number of carbonyl (C=O) groups excluding carboxylic acids is 1. The van der Waals surface area contributed by atoms with Crippen molar-refractivity contribution in [3.8, 4) is 11.3 Å². The molecule has 146 valence electrons. The van der Waals surface area contributed by atoms with Crippen LogP contribution in [-0.4, -0.2) is 50.5 Å². The molecular weight excluding hydrogens is 376 g/mol. The van der Waals surface area contributed by atoms with E-state index in [-0.39, 0.29) is 11.8 Å². The first kappa shape index (κ1) is 18.7. The zero-order valence-corrected chi connectivity index (χ0v) is 16.7. The molecule has 0 radical (unpaired) electrons. The van der Waals surface area contributed by atoms with Crippen LogP contribution < -0.4 is 5.32 Å². The van der Waals surface area contributed by atoms with E-state index in [0.29, 0.717) is 17.4 Å². The molecule has 1 aliphatic heterocycles. The van der Waals surface area contributed by atoms with Crippen LogP contribution >= 0.6 is 11.3 Å². The number of amides is 1. The van der Waals surface area contributed by atoms with E-state index in [9.17, 15) is 4.79 Å². The van der Waals surface area contributed by atoms with Crippen molar-refractivity contribution in [1.29, 1.82) is 0 Å². The first-order valence-electron chi connectivity index (χ1n) is 9.26. The van der Waals surface area contributed by atoms with E-state index >= 15 is 0 Å². The normalized spacial score (nSPS) is 17.6. The number of hydrogen-bond acceptors (Lipinski definition) is 8. The Hall–Kier alpha value is -2.65. The van der Waals surface area contributed by atoms with Gasteiger partial charge in [-0.2, -0.15) is 0 Å². The molecule has 3 aromatic rings. The molecule has 0 spiro atoms. The third kappa shape index (κ3) is 4.26. The molecule has 3 aromatic heterocycles. The Labute approximate surface area is 167 Å². The number of likely N-dealkylation sites (tertiary alicyclic amines) is 1. The van der Waals surface area contributed by atoms with E-state index in [0.717, 1.165) is 48.6 Å². The van der Waals surface area contributed by atoms with Crippen LogP contribution in [0.3, 0.4) is 0 Å². The molecule has 28 heavy (non-hydrogen) atoms. The van der Waals surface area contributed by atoms with Crippen LogP contribution in [0.1, 0.15) is 35.8 Å². The number of rotatable bonds is 5. The summed E-state index contributed by atoms with van der Waals surface area (Å²) in [6.45, 7) is 5.80. The topological polar surface area (TPSA) is 97.0 Å². The van der Waals surface area contributed by atoms with Crippen molar-refractivity contribution in [1.82, 2.24) is 25.0 Å². The maximum atomic E-state index is 12.4. The molecule has 1 amide bonds. The molecule has 8 nitrogen and oxygen atoms in total. The summed E-state index contributed by atoms with van der Waals surface area (Å²) in [5.41, 5.74) is 3.56. The van der Waals surface area contributed by atoms with Gasteiger partial charge in [0, 0.05) is 30.1 Å². The quantitative estimate of drug-likeness (QED) is 0.705. The van der Waals surface area contributed by atoms with E-state index in [1.54, 1.807) is 12.5 Å². The largest absolute Gasteiger partial charge is 0.356 e. The Kier molecular flexibility index (Phi) is 5.45. The fourth-order valence-electron chi connectivity index (χ4n) is 3.54. The first-order chi connectivity index (χ1) is 13.6. The monoisotopic (exact) mass is 398 g/mol. The van der Waals surface area contributed by atoms with Crippen LogP contribution in [0.2, 0.25) is 0 Å². The lowest BCUT2D eigenvalue weighted by molar-refractivity contribution is -0.117. The highest BCUT2D eigenvalue weighted by atomic mass is 32.1. The maximum absolute atomic E-state index is 12.4. The maximum Gasteiger partial charge on any atom is 0.240 e. The average Bonchev–Trinajstić information content (AvgIpc) is 3.30. The molecule has 4 rings (SSSR count). The van der Waals surface area contributed by atoms with Gasteiger partial charge in [-0.15, -0.1) is 11.3 Å². The van der Waals surface area contributed by atoms with Crippen molar-refractivity contribution in [2.45, 2.75) is 32.6 Å². The molecule has 1 N–H and O–H groups in total. The van der Waals surface area contributed by atoms with Gasteiger partial charge in [-0.1, -0.05) is 5.16 Å². The molecular formula is C19H22N6O2S. The van der Waals surface area contributed by atoms with E-state index in [4.69, 9.17) is 4.52 Å². The Balaban J connectivity index is 1.45. The minimum Gasteiger partial charge on any atom is -0.356 e. The summed E-state index contributed by atoms with van der Waals surface area (Å²) >= 11 is 1.44. The number of thiazole rings is 1. The lowest BCUT2D eigenvalue weighted by Gasteiger charge is -2.32. The van der Waals surface area contributed by atoms with Gasteiger partial charge in [0.15, 0.2) is 10.9 Å². The van der Waals surface area contributed by atoms with Gasteiger partial charge in [0.25, 0.3) is 0 Å². The summed E-state index contributed by atoms with van der Waals surface area (Å²) in [7, 11) is 0. The van der Waals surface area contributed by atoms with Gasteiger partial charge in [-0.05, 0) is 33.2 Å². The number of nitrogens with one attached hydrogen (secondary N) is 1. The van der Waals surface area contributed by atoms with Gasteiger partial charge >= 0.3 is 0 Å². The molecule has 0 bridgehead atoms. The van der Waals surface area contributed by atoms with Gasteiger partial charge in [-0.25, -0.2) is 15.0 Å². The average molecular weight is 398 g/mol. The smallest absolute Gasteiger partial charge is 0.240 e. The zero-order valence-electron chi connectivity index (χ0n) is 15.9. The molecule has 1 saturated heterocycles. The Morgan fingerprint density at radius 2 is 2.29 bits per heavy atom. The molecule has 0 aliphatic carbocycles. The second-order valence-electron chi connectivity index (χ2n) is 7.07. The van der Waals surface area contributed by atoms with Gasteiger partial charge < -0.3 is 9.84 Å². The van der Waals surface area contributed by atoms with Crippen molar-refractivity contribution in [3.05, 3.63) is 41.1 Å². The van der Waals surface area contributed by atoms with Crippen molar-refractivity contribution in [3.63, 3.8) is 0 Å². The molecule has 0 aromatic carbocycles. The number of hydrogen-bond donors (Lipinski definition) is 1. The minimum absolute atomic E-state index is 0.0382. The van der Waals surface area contributed by atoms with Gasteiger partial charge in [0.1, 0.15) is 6.33 Å². The molecule has 1 atom stereocenters. The van der Waals surface area contributed by atoms with E-state index in [1.165, 1.54) is 11.3 Å². The lowest BCUT2D eigenvalue weighted by Crippen LogP contribution is -2.40. The third-order valence-corrected chi connectivity index (χ3v) is 5.64. The first-order valence-corrected chi connectivity index (χ1v) is 10.1. The van der Waals surface area contributed by atoms with Crippen molar-refractivity contribution in [2.75, 3.05) is 25.0 Å². The standard InChI is InChI=1S/C19H22N6O2S/c1-12-6-16(27-24-12)15-7-20-11-21-18(15)14-4-3-5-25(8-14)9-17(26)23-19-22-13(2)10-28-19/h6-7,10-11,14H,3-5,8-9H2,1-2H3,(H,22,23,26)/t14-/m0/s1. The number of carbonyl (C=O) groups is 1. The lowest BCUT2D eigenvalue weighted by atomic mass is 9.91.